The molecule has 0 fully saturated rings. The zero-order valence-corrected chi connectivity index (χ0v) is 31.7. The van der Waals surface area contributed by atoms with Crippen molar-refractivity contribution < 1.29 is 0 Å². The zero-order chi connectivity index (χ0) is 37.5. The summed E-state index contributed by atoms with van der Waals surface area (Å²) in [7, 11) is 0. The summed E-state index contributed by atoms with van der Waals surface area (Å²) in [6.45, 7) is 0. The molecular weight excluding hydrogens is 709 g/mol. The van der Waals surface area contributed by atoms with Crippen LogP contribution in [-0.2, 0) is 0 Å². The average Bonchev–Trinajstić information content (AvgIpc) is 3.93. The van der Waals surface area contributed by atoms with Gasteiger partial charge in [-0.15, -0.1) is 11.3 Å². The van der Waals surface area contributed by atoms with Crippen LogP contribution in [0, 0.1) is 0 Å². The van der Waals surface area contributed by atoms with Crippen LogP contribution < -0.4 is 0 Å². The van der Waals surface area contributed by atoms with Crippen LogP contribution in [0.15, 0.2) is 206 Å². The molecule has 12 rings (SSSR count). The highest BCUT2D eigenvalue weighted by Gasteiger charge is 2.18. The second-order valence-electron chi connectivity index (χ2n) is 14.9. The van der Waals surface area contributed by atoms with Gasteiger partial charge in [0.05, 0.1) is 22.1 Å². The molecule has 266 valence electrons. The molecule has 0 atom stereocenters. The minimum atomic E-state index is 1.15. The van der Waals surface area contributed by atoms with E-state index in [2.05, 4.69) is 215 Å². The fraction of sp³-hybridized carbons (Fsp3) is 0. The van der Waals surface area contributed by atoms with E-state index in [0.29, 0.717) is 0 Å². The molecule has 0 aliphatic rings. The molecule has 0 spiro atoms. The monoisotopic (exact) mass is 742 g/mol. The van der Waals surface area contributed by atoms with Gasteiger partial charge in [0.15, 0.2) is 0 Å². The van der Waals surface area contributed by atoms with Crippen molar-refractivity contribution >= 4 is 75.1 Å². The fourth-order valence-electron chi connectivity index (χ4n) is 9.03. The Labute approximate surface area is 333 Å². The Morgan fingerprint density at radius 3 is 1.47 bits per heavy atom. The number of hydrogen-bond donors (Lipinski definition) is 0. The molecule has 2 nitrogen and oxygen atoms in total. The quantitative estimate of drug-likeness (QED) is 0.166. The smallest absolute Gasteiger partial charge is 0.0547 e. The predicted molar refractivity (Wildman–Crippen MR) is 244 cm³/mol. The number of para-hydroxylation sites is 1. The lowest BCUT2D eigenvalue weighted by atomic mass is 9.99. The first-order valence-electron chi connectivity index (χ1n) is 19.5. The van der Waals surface area contributed by atoms with Crippen LogP contribution in [0.3, 0.4) is 0 Å². The Morgan fingerprint density at radius 1 is 0.246 bits per heavy atom. The molecule has 0 bridgehead atoms. The maximum Gasteiger partial charge on any atom is 0.0547 e. The summed E-state index contributed by atoms with van der Waals surface area (Å²) in [5, 5.41) is 7.65. The topological polar surface area (TPSA) is 9.86 Å². The van der Waals surface area contributed by atoms with Crippen molar-refractivity contribution in [3.63, 3.8) is 0 Å². The van der Waals surface area contributed by atoms with E-state index in [-0.39, 0.29) is 0 Å². The number of fused-ring (bicyclic) bond motifs is 9. The third kappa shape index (κ3) is 5.10. The van der Waals surface area contributed by atoms with Crippen molar-refractivity contribution in [3.8, 4) is 44.8 Å². The van der Waals surface area contributed by atoms with Crippen LogP contribution >= 0.6 is 11.3 Å². The lowest BCUT2D eigenvalue weighted by molar-refractivity contribution is 1.18. The summed E-state index contributed by atoms with van der Waals surface area (Å²) >= 11 is 1.87. The molecule has 0 saturated carbocycles. The van der Waals surface area contributed by atoms with Crippen molar-refractivity contribution in [2.75, 3.05) is 0 Å². The van der Waals surface area contributed by atoms with Crippen LogP contribution in [0.1, 0.15) is 0 Å². The summed E-state index contributed by atoms with van der Waals surface area (Å²) in [5.74, 6) is 0. The Kier molecular flexibility index (Phi) is 7.13. The van der Waals surface area contributed by atoms with Gasteiger partial charge in [-0.2, -0.15) is 0 Å². The van der Waals surface area contributed by atoms with Gasteiger partial charge in [0.1, 0.15) is 0 Å². The molecule has 12 aromatic rings. The van der Waals surface area contributed by atoms with E-state index in [1.807, 2.05) is 11.3 Å². The molecule has 57 heavy (non-hydrogen) atoms. The minimum absolute atomic E-state index is 1.15. The second kappa shape index (κ2) is 12.7. The first-order chi connectivity index (χ1) is 28.2. The highest BCUT2D eigenvalue weighted by molar-refractivity contribution is 7.25. The molecule has 0 N–H and O–H groups in total. The van der Waals surface area contributed by atoms with Gasteiger partial charge in [-0.3, -0.25) is 0 Å². The highest BCUT2D eigenvalue weighted by atomic mass is 32.1. The maximum absolute atomic E-state index is 2.44. The number of hydrogen-bond acceptors (Lipinski definition) is 1. The van der Waals surface area contributed by atoms with E-state index >= 15 is 0 Å². The molecule has 0 radical (unpaired) electrons. The molecule has 3 heteroatoms. The Bertz CT molecular complexity index is 3510. The van der Waals surface area contributed by atoms with E-state index in [1.165, 1.54) is 103 Å². The van der Waals surface area contributed by atoms with E-state index in [1.54, 1.807) is 0 Å². The van der Waals surface area contributed by atoms with Gasteiger partial charge in [-0.25, -0.2) is 0 Å². The van der Waals surface area contributed by atoms with E-state index in [4.69, 9.17) is 0 Å². The number of nitrogens with zero attached hydrogens (tertiary/aromatic N) is 2. The first-order valence-corrected chi connectivity index (χ1v) is 20.3. The van der Waals surface area contributed by atoms with Gasteiger partial charge in [-0.05, 0) is 100 Å². The van der Waals surface area contributed by atoms with Crippen LogP contribution in [0.5, 0.6) is 0 Å². The van der Waals surface area contributed by atoms with E-state index in [0.717, 1.165) is 5.69 Å². The summed E-state index contributed by atoms with van der Waals surface area (Å²) in [6.07, 6.45) is 0. The van der Waals surface area contributed by atoms with Crippen molar-refractivity contribution in [2.45, 2.75) is 0 Å². The van der Waals surface area contributed by atoms with E-state index < -0.39 is 0 Å². The zero-order valence-electron chi connectivity index (χ0n) is 30.9. The van der Waals surface area contributed by atoms with Crippen LogP contribution in [0.25, 0.3) is 109 Å². The number of benzene rings is 9. The van der Waals surface area contributed by atoms with Gasteiger partial charge in [0.2, 0.25) is 0 Å². The third-order valence-electron chi connectivity index (χ3n) is 11.7. The normalized spacial score (nSPS) is 11.9. The van der Waals surface area contributed by atoms with Gasteiger partial charge in [0.25, 0.3) is 0 Å². The number of rotatable bonds is 5. The van der Waals surface area contributed by atoms with Crippen molar-refractivity contribution in [3.05, 3.63) is 206 Å². The van der Waals surface area contributed by atoms with Crippen LogP contribution in [0.2, 0.25) is 0 Å². The number of aromatic nitrogens is 2. The molecule has 3 heterocycles. The number of thiophene rings is 1. The summed E-state index contributed by atoms with van der Waals surface area (Å²) in [6, 6.07) is 75.7. The molecule has 0 aliphatic heterocycles. The predicted octanol–water partition coefficient (Wildman–Crippen LogP) is 15.2. The Balaban J connectivity index is 1.03. The summed E-state index contributed by atoms with van der Waals surface area (Å²) < 4.78 is 7.51. The molecular formula is C54H34N2S. The largest absolute Gasteiger partial charge is 0.309 e. The van der Waals surface area contributed by atoms with Crippen molar-refractivity contribution in [1.29, 1.82) is 0 Å². The van der Waals surface area contributed by atoms with Crippen LogP contribution in [-0.4, -0.2) is 9.13 Å². The molecule has 0 unspecified atom stereocenters. The second-order valence-corrected chi connectivity index (χ2v) is 16.0. The van der Waals surface area contributed by atoms with Gasteiger partial charge < -0.3 is 9.13 Å². The molecule has 3 aromatic heterocycles. The van der Waals surface area contributed by atoms with Crippen LogP contribution in [0.4, 0.5) is 0 Å². The first kappa shape index (κ1) is 32.1. The highest BCUT2D eigenvalue weighted by Crippen LogP contribution is 2.41. The Morgan fingerprint density at radius 2 is 0.737 bits per heavy atom. The minimum Gasteiger partial charge on any atom is -0.309 e. The van der Waals surface area contributed by atoms with Crippen molar-refractivity contribution in [1.82, 2.24) is 9.13 Å². The van der Waals surface area contributed by atoms with Gasteiger partial charge >= 0.3 is 0 Å². The molecule has 0 aliphatic carbocycles. The third-order valence-corrected chi connectivity index (χ3v) is 12.8. The molecule has 0 amide bonds. The van der Waals surface area contributed by atoms with E-state index in [9.17, 15) is 0 Å². The summed E-state index contributed by atoms with van der Waals surface area (Å²) in [4.78, 5) is 0. The average molecular weight is 743 g/mol. The van der Waals surface area contributed by atoms with Crippen molar-refractivity contribution in [2.24, 2.45) is 0 Å². The lowest BCUT2D eigenvalue weighted by Crippen LogP contribution is -1.95. The SMILES string of the molecule is c1ccc(-c2cccc(-n3c4ccc(-c5ccc6c(c5)c5ccccc5n6-c5ccc6c(c5)sc5ccccc56)cc4c4ccc(-c5ccccc5)cc43)c2)cc1. The Hall–Kier alpha value is -7.20. The fourth-order valence-corrected chi connectivity index (χ4v) is 10.2. The molecule has 9 aromatic carbocycles. The molecule has 0 saturated heterocycles. The maximum atomic E-state index is 2.44. The van der Waals surface area contributed by atoms with Gasteiger partial charge in [-0.1, -0.05) is 140 Å². The standard InChI is InChI=1S/C54H34N2S/c1-3-12-35(13-4-1)37-16-11-17-41(30-37)56-51-29-24-39(32-48(51)44-26-22-40(33-52(44)56)36-14-5-2-6-15-36)38-23-28-50-47(31-38)43-18-7-9-20-49(43)55(50)42-25-27-46-45-19-8-10-21-53(45)57-54(46)34-42/h1-34H. The lowest BCUT2D eigenvalue weighted by Gasteiger charge is -2.12. The summed E-state index contributed by atoms with van der Waals surface area (Å²) in [5.41, 5.74) is 14.4. The van der Waals surface area contributed by atoms with Gasteiger partial charge in [0, 0.05) is 53.1 Å².